The van der Waals surface area contributed by atoms with Gasteiger partial charge in [-0.25, -0.2) is 9.37 Å². The number of pyridine rings is 1. The molecule has 0 amide bonds. The van der Waals surface area contributed by atoms with Gasteiger partial charge in [0, 0.05) is 26.2 Å². The van der Waals surface area contributed by atoms with E-state index in [1.807, 2.05) is 0 Å². The van der Waals surface area contributed by atoms with E-state index >= 15 is 0 Å². The molecule has 1 saturated heterocycles. The third-order valence-electron chi connectivity index (χ3n) is 3.07. The van der Waals surface area contributed by atoms with Crippen molar-refractivity contribution in [1.29, 1.82) is 0 Å². The van der Waals surface area contributed by atoms with Crippen molar-refractivity contribution in [2.24, 2.45) is 0 Å². The second-order valence-corrected chi connectivity index (χ2v) is 4.40. The molecule has 0 aromatic carbocycles. The van der Waals surface area contributed by atoms with Crippen molar-refractivity contribution in [3.63, 3.8) is 0 Å². The molecule has 1 aromatic heterocycles. The highest BCUT2D eigenvalue weighted by Gasteiger charge is 2.20. The molecule has 0 bridgehead atoms. The minimum atomic E-state index is -0.329. The summed E-state index contributed by atoms with van der Waals surface area (Å²) in [5.74, 6) is 0.262. The number of piperazine rings is 1. The van der Waals surface area contributed by atoms with Crippen LogP contribution in [0.15, 0.2) is 18.3 Å². The number of carbonyl (C=O) groups is 1. The zero-order valence-corrected chi connectivity index (χ0v) is 11.0. The summed E-state index contributed by atoms with van der Waals surface area (Å²) in [7, 11) is 0. The standard InChI is InChI=1S/C13H18FN3O2/c1-2-19-13(18)10-16-5-7-17(8-6-16)12-4-3-11(14)9-15-12/h3-4,9H,2,5-8,10H2,1H3. The van der Waals surface area contributed by atoms with Crippen LogP contribution < -0.4 is 4.90 Å². The second-order valence-electron chi connectivity index (χ2n) is 4.40. The summed E-state index contributed by atoms with van der Waals surface area (Å²) in [5.41, 5.74) is 0. The van der Waals surface area contributed by atoms with E-state index in [9.17, 15) is 9.18 Å². The van der Waals surface area contributed by atoms with E-state index in [1.54, 1.807) is 13.0 Å². The number of nitrogens with zero attached hydrogens (tertiary/aromatic N) is 3. The Hall–Kier alpha value is -1.69. The monoisotopic (exact) mass is 267 g/mol. The van der Waals surface area contributed by atoms with Gasteiger partial charge in [0.05, 0.1) is 19.3 Å². The predicted octanol–water partition coefficient (Wildman–Crippen LogP) is 0.906. The first-order valence-electron chi connectivity index (χ1n) is 6.43. The zero-order chi connectivity index (χ0) is 13.7. The lowest BCUT2D eigenvalue weighted by atomic mass is 10.3. The van der Waals surface area contributed by atoms with E-state index in [0.29, 0.717) is 13.2 Å². The lowest BCUT2D eigenvalue weighted by Crippen LogP contribution is -2.48. The van der Waals surface area contributed by atoms with Crippen LogP contribution in [0.5, 0.6) is 0 Å². The summed E-state index contributed by atoms with van der Waals surface area (Å²) in [6.45, 7) is 5.65. The van der Waals surface area contributed by atoms with Crippen molar-refractivity contribution in [1.82, 2.24) is 9.88 Å². The van der Waals surface area contributed by atoms with E-state index in [0.717, 1.165) is 32.0 Å². The molecule has 1 fully saturated rings. The first kappa shape index (κ1) is 13.7. The molecule has 0 atom stereocenters. The Kier molecular flexibility index (Phi) is 4.68. The molecule has 0 unspecified atom stereocenters. The van der Waals surface area contributed by atoms with E-state index in [2.05, 4.69) is 14.8 Å². The van der Waals surface area contributed by atoms with Crippen LogP contribution in [0.1, 0.15) is 6.92 Å². The van der Waals surface area contributed by atoms with Gasteiger partial charge in [-0.1, -0.05) is 0 Å². The van der Waals surface area contributed by atoms with Gasteiger partial charge in [-0.05, 0) is 19.1 Å². The Morgan fingerprint density at radius 2 is 2.11 bits per heavy atom. The van der Waals surface area contributed by atoms with Crippen molar-refractivity contribution in [2.75, 3.05) is 44.2 Å². The van der Waals surface area contributed by atoms with Gasteiger partial charge in [-0.2, -0.15) is 0 Å². The summed E-state index contributed by atoms with van der Waals surface area (Å²) in [6.07, 6.45) is 1.22. The average molecular weight is 267 g/mol. The first-order chi connectivity index (χ1) is 9.19. The van der Waals surface area contributed by atoms with Crippen molar-refractivity contribution < 1.29 is 13.9 Å². The van der Waals surface area contributed by atoms with Crippen LogP contribution in [0, 0.1) is 5.82 Å². The van der Waals surface area contributed by atoms with Crippen LogP contribution in [0.2, 0.25) is 0 Å². The molecule has 0 saturated carbocycles. The molecule has 6 heteroatoms. The van der Waals surface area contributed by atoms with E-state index in [1.165, 1.54) is 12.3 Å². The van der Waals surface area contributed by atoms with Gasteiger partial charge in [0.25, 0.3) is 0 Å². The molecule has 2 heterocycles. The van der Waals surface area contributed by atoms with Gasteiger partial charge >= 0.3 is 5.97 Å². The number of esters is 1. The molecule has 0 N–H and O–H groups in total. The van der Waals surface area contributed by atoms with Crippen molar-refractivity contribution in [3.8, 4) is 0 Å². The summed E-state index contributed by atoms with van der Waals surface area (Å²) in [5, 5.41) is 0. The number of halogens is 1. The quantitative estimate of drug-likeness (QED) is 0.759. The molecule has 0 radical (unpaired) electrons. The van der Waals surface area contributed by atoms with E-state index in [4.69, 9.17) is 4.74 Å². The van der Waals surface area contributed by atoms with E-state index in [-0.39, 0.29) is 11.8 Å². The molecule has 104 valence electrons. The van der Waals surface area contributed by atoms with Crippen LogP contribution in [0.4, 0.5) is 10.2 Å². The number of hydrogen-bond donors (Lipinski definition) is 0. The third kappa shape index (κ3) is 3.89. The molecular weight excluding hydrogens is 249 g/mol. The van der Waals surface area contributed by atoms with Gasteiger partial charge in [0.2, 0.25) is 0 Å². The fourth-order valence-electron chi connectivity index (χ4n) is 2.08. The Morgan fingerprint density at radius 1 is 1.37 bits per heavy atom. The first-order valence-corrected chi connectivity index (χ1v) is 6.43. The maximum absolute atomic E-state index is 12.8. The fourth-order valence-corrected chi connectivity index (χ4v) is 2.08. The van der Waals surface area contributed by atoms with Crippen LogP contribution in [-0.2, 0) is 9.53 Å². The Labute approximate surface area is 112 Å². The Balaban J connectivity index is 1.82. The van der Waals surface area contributed by atoms with Gasteiger partial charge in [0.1, 0.15) is 11.6 Å². The van der Waals surface area contributed by atoms with Gasteiger partial charge < -0.3 is 9.64 Å². The lowest BCUT2D eigenvalue weighted by Gasteiger charge is -2.34. The van der Waals surface area contributed by atoms with Gasteiger partial charge in [0.15, 0.2) is 0 Å². The highest BCUT2D eigenvalue weighted by molar-refractivity contribution is 5.71. The molecular formula is C13H18FN3O2. The van der Waals surface area contributed by atoms with Crippen LogP contribution >= 0.6 is 0 Å². The zero-order valence-electron chi connectivity index (χ0n) is 11.0. The molecule has 1 aromatic rings. The fraction of sp³-hybridized carbons (Fsp3) is 0.538. The maximum atomic E-state index is 12.8. The second kappa shape index (κ2) is 6.47. The average Bonchev–Trinajstić information content (AvgIpc) is 2.41. The molecule has 5 nitrogen and oxygen atoms in total. The minimum Gasteiger partial charge on any atom is -0.465 e. The van der Waals surface area contributed by atoms with Crippen molar-refractivity contribution >= 4 is 11.8 Å². The maximum Gasteiger partial charge on any atom is 0.320 e. The third-order valence-corrected chi connectivity index (χ3v) is 3.07. The molecule has 19 heavy (non-hydrogen) atoms. The van der Waals surface area contributed by atoms with E-state index < -0.39 is 0 Å². The highest BCUT2D eigenvalue weighted by atomic mass is 19.1. The predicted molar refractivity (Wildman–Crippen MR) is 69.5 cm³/mol. The lowest BCUT2D eigenvalue weighted by molar-refractivity contribution is -0.144. The number of anilines is 1. The largest absolute Gasteiger partial charge is 0.465 e. The summed E-state index contributed by atoms with van der Waals surface area (Å²) in [6, 6.07) is 3.09. The van der Waals surface area contributed by atoms with Gasteiger partial charge in [-0.3, -0.25) is 9.69 Å². The number of aromatic nitrogens is 1. The minimum absolute atomic E-state index is 0.184. The van der Waals surface area contributed by atoms with Crippen molar-refractivity contribution in [2.45, 2.75) is 6.92 Å². The highest BCUT2D eigenvalue weighted by Crippen LogP contribution is 2.13. The molecule has 0 spiro atoms. The summed E-state index contributed by atoms with van der Waals surface area (Å²) >= 11 is 0. The SMILES string of the molecule is CCOC(=O)CN1CCN(c2ccc(F)cn2)CC1. The number of hydrogen-bond acceptors (Lipinski definition) is 5. The summed E-state index contributed by atoms with van der Waals surface area (Å²) < 4.78 is 17.7. The topological polar surface area (TPSA) is 45.7 Å². The van der Waals surface area contributed by atoms with Crippen molar-refractivity contribution in [3.05, 3.63) is 24.1 Å². The number of rotatable bonds is 4. The van der Waals surface area contributed by atoms with Crippen LogP contribution in [0.25, 0.3) is 0 Å². The van der Waals surface area contributed by atoms with Crippen LogP contribution in [0.3, 0.4) is 0 Å². The van der Waals surface area contributed by atoms with Gasteiger partial charge in [-0.15, -0.1) is 0 Å². The number of carbonyl (C=O) groups excluding carboxylic acids is 1. The molecule has 1 aliphatic rings. The Morgan fingerprint density at radius 3 is 2.68 bits per heavy atom. The molecule has 1 aliphatic heterocycles. The molecule has 2 rings (SSSR count). The smallest absolute Gasteiger partial charge is 0.320 e. The number of ether oxygens (including phenoxy) is 1. The van der Waals surface area contributed by atoms with Crippen LogP contribution in [-0.4, -0.2) is 55.2 Å². The Bertz CT molecular complexity index is 416. The molecule has 0 aliphatic carbocycles. The normalized spacial score (nSPS) is 16.4. The summed E-state index contributed by atoms with van der Waals surface area (Å²) in [4.78, 5) is 19.6.